The molecule has 0 atom stereocenters. The normalized spacial score (nSPS) is 22.4. The third-order valence-electron chi connectivity index (χ3n) is 7.22. The summed E-state index contributed by atoms with van der Waals surface area (Å²) in [5.41, 5.74) is 8.93. The lowest BCUT2D eigenvalue weighted by Gasteiger charge is -2.41. The van der Waals surface area contributed by atoms with Gasteiger partial charge in [-0.2, -0.15) is 5.10 Å². The molecule has 2 aromatic carbocycles. The van der Waals surface area contributed by atoms with Crippen molar-refractivity contribution in [3.63, 3.8) is 0 Å². The monoisotopic (exact) mass is 445 g/mol. The highest BCUT2D eigenvalue weighted by Crippen LogP contribution is 2.32. The summed E-state index contributed by atoms with van der Waals surface area (Å²) in [5, 5.41) is 4.93. The van der Waals surface area contributed by atoms with Crippen molar-refractivity contribution < 1.29 is 4.74 Å². The second-order valence-electron chi connectivity index (χ2n) is 9.46. The maximum Gasteiger partial charge on any atom is 0.127 e. The van der Waals surface area contributed by atoms with E-state index < -0.39 is 0 Å². The number of aromatic nitrogens is 2. The molecule has 2 fully saturated rings. The average molecular weight is 446 g/mol. The Morgan fingerprint density at radius 2 is 1.61 bits per heavy atom. The molecule has 5 rings (SSSR count). The standard InChI is InChI=1S/C27H35N5O/c1-30-15-17-31(18-16-30)23-7-9-24(10-8-23)32-14-13-27(29-32)22-5-11-25(12-6-22)33-26-4-2-3-21(19-26)20-28/h2-6,11-14,19,23-24H,7-10,15-18,20,28H2,1H3/t23-,24+. The summed E-state index contributed by atoms with van der Waals surface area (Å²) >= 11 is 0. The van der Waals surface area contributed by atoms with Crippen molar-refractivity contribution >= 4 is 0 Å². The van der Waals surface area contributed by atoms with Crippen molar-refractivity contribution in [2.75, 3.05) is 33.2 Å². The first kappa shape index (κ1) is 22.1. The van der Waals surface area contributed by atoms with Crippen molar-refractivity contribution in [1.29, 1.82) is 0 Å². The molecule has 3 aromatic rings. The summed E-state index contributed by atoms with van der Waals surface area (Å²) < 4.78 is 8.18. The number of benzene rings is 2. The van der Waals surface area contributed by atoms with Crippen LogP contribution in [0.5, 0.6) is 11.5 Å². The molecule has 0 spiro atoms. The average Bonchev–Trinajstić information content (AvgIpc) is 3.36. The van der Waals surface area contributed by atoms with E-state index in [1.165, 1.54) is 51.9 Å². The number of ether oxygens (including phenoxy) is 1. The Kier molecular flexibility index (Phi) is 6.76. The van der Waals surface area contributed by atoms with Gasteiger partial charge in [0.25, 0.3) is 0 Å². The molecule has 0 radical (unpaired) electrons. The van der Waals surface area contributed by atoms with Crippen LogP contribution in [-0.4, -0.2) is 58.8 Å². The molecule has 174 valence electrons. The van der Waals surface area contributed by atoms with E-state index in [0.717, 1.165) is 34.4 Å². The largest absolute Gasteiger partial charge is 0.457 e. The van der Waals surface area contributed by atoms with Gasteiger partial charge in [0, 0.05) is 50.5 Å². The molecule has 0 amide bonds. The van der Waals surface area contributed by atoms with Gasteiger partial charge in [0.15, 0.2) is 0 Å². The predicted molar refractivity (Wildman–Crippen MR) is 132 cm³/mol. The first-order valence-electron chi connectivity index (χ1n) is 12.2. The van der Waals surface area contributed by atoms with Crippen LogP contribution < -0.4 is 10.5 Å². The van der Waals surface area contributed by atoms with E-state index in [4.69, 9.17) is 15.6 Å². The Balaban J connectivity index is 1.18. The van der Waals surface area contributed by atoms with Crippen LogP contribution in [0.25, 0.3) is 11.3 Å². The Labute approximate surface area is 196 Å². The van der Waals surface area contributed by atoms with Crippen LogP contribution in [0, 0.1) is 0 Å². The molecule has 6 heteroatoms. The first-order chi connectivity index (χ1) is 16.2. The second kappa shape index (κ2) is 10.1. The third kappa shape index (κ3) is 5.29. The van der Waals surface area contributed by atoms with Crippen molar-refractivity contribution in [3.8, 4) is 22.8 Å². The zero-order chi connectivity index (χ0) is 22.6. The quantitative estimate of drug-likeness (QED) is 0.604. The molecule has 2 aliphatic rings. The van der Waals surface area contributed by atoms with Gasteiger partial charge in [-0.3, -0.25) is 9.58 Å². The third-order valence-corrected chi connectivity index (χ3v) is 7.22. The number of hydrogen-bond donors (Lipinski definition) is 1. The lowest BCUT2D eigenvalue weighted by molar-refractivity contribution is 0.0811. The molecule has 1 saturated heterocycles. The van der Waals surface area contributed by atoms with Gasteiger partial charge in [-0.05, 0) is 80.8 Å². The number of nitrogens with two attached hydrogens (primary N) is 1. The van der Waals surface area contributed by atoms with Crippen molar-refractivity contribution in [3.05, 3.63) is 66.4 Å². The van der Waals surface area contributed by atoms with E-state index in [9.17, 15) is 0 Å². The number of rotatable bonds is 6. The van der Waals surface area contributed by atoms with E-state index in [1.807, 2.05) is 36.4 Å². The van der Waals surface area contributed by atoms with Gasteiger partial charge in [0.2, 0.25) is 0 Å². The van der Waals surface area contributed by atoms with E-state index in [0.29, 0.717) is 12.6 Å². The van der Waals surface area contributed by atoms with Gasteiger partial charge in [-0.1, -0.05) is 12.1 Å². The summed E-state index contributed by atoms with van der Waals surface area (Å²) in [6, 6.07) is 19.5. The summed E-state index contributed by atoms with van der Waals surface area (Å²) in [4.78, 5) is 5.14. The fourth-order valence-corrected chi connectivity index (χ4v) is 5.14. The van der Waals surface area contributed by atoms with Gasteiger partial charge >= 0.3 is 0 Å². The Bertz CT molecular complexity index is 1030. The summed E-state index contributed by atoms with van der Waals surface area (Å²) in [5.74, 6) is 1.62. The molecular formula is C27H35N5O. The number of piperazine rings is 1. The highest BCUT2D eigenvalue weighted by molar-refractivity contribution is 5.59. The molecule has 33 heavy (non-hydrogen) atoms. The maximum absolute atomic E-state index is 5.99. The van der Waals surface area contributed by atoms with Gasteiger partial charge in [-0.15, -0.1) is 0 Å². The summed E-state index contributed by atoms with van der Waals surface area (Å²) in [7, 11) is 2.23. The molecule has 2 N–H and O–H groups in total. The number of hydrogen-bond acceptors (Lipinski definition) is 5. The highest BCUT2D eigenvalue weighted by atomic mass is 16.5. The van der Waals surface area contributed by atoms with Crippen LogP contribution >= 0.6 is 0 Å². The van der Waals surface area contributed by atoms with Gasteiger partial charge in [-0.25, -0.2) is 0 Å². The zero-order valence-corrected chi connectivity index (χ0v) is 19.6. The first-order valence-corrected chi connectivity index (χ1v) is 12.2. The van der Waals surface area contributed by atoms with Crippen molar-refractivity contribution in [2.45, 2.75) is 44.3 Å². The van der Waals surface area contributed by atoms with Crippen LogP contribution in [0.15, 0.2) is 60.8 Å². The van der Waals surface area contributed by atoms with Crippen LogP contribution in [0.4, 0.5) is 0 Å². The van der Waals surface area contributed by atoms with Gasteiger partial charge in [0.05, 0.1) is 11.7 Å². The Morgan fingerprint density at radius 1 is 0.879 bits per heavy atom. The summed E-state index contributed by atoms with van der Waals surface area (Å²) in [6.45, 7) is 5.35. The fraction of sp³-hybridized carbons (Fsp3) is 0.444. The minimum absolute atomic E-state index is 0.510. The van der Waals surface area contributed by atoms with E-state index in [-0.39, 0.29) is 0 Å². The van der Waals surface area contributed by atoms with Crippen LogP contribution in [0.2, 0.25) is 0 Å². The Hall–Kier alpha value is -2.67. The number of likely N-dealkylation sites (N-methyl/N-ethyl adjacent to an activating group) is 1. The molecule has 6 nitrogen and oxygen atoms in total. The fourth-order valence-electron chi connectivity index (χ4n) is 5.14. The zero-order valence-electron chi connectivity index (χ0n) is 19.6. The number of nitrogens with zero attached hydrogens (tertiary/aromatic N) is 4. The molecule has 1 aliphatic heterocycles. The van der Waals surface area contributed by atoms with Gasteiger partial charge in [0.1, 0.15) is 11.5 Å². The summed E-state index contributed by atoms with van der Waals surface area (Å²) in [6.07, 6.45) is 7.14. The lowest BCUT2D eigenvalue weighted by atomic mass is 9.90. The molecular weight excluding hydrogens is 410 g/mol. The van der Waals surface area contributed by atoms with Crippen LogP contribution in [0.1, 0.15) is 37.3 Å². The SMILES string of the molecule is CN1CCN([C@H]2CC[C@@H](n3ccc(-c4ccc(Oc5cccc(CN)c5)cc4)n3)CC2)CC1. The van der Waals surface area contributed by atoms with E-state index >= 15 is 0 Å². The topological polar surface area (TPSA) is 59.5 Å². The lowest BCUT2D eigenvalue weighted by Crippen LogP contribution is -2.49. The minimum atomic E-state index is 0.510. The van der Waals surface area contributed by atoms with Crippen LogP contribution in [0.3, 0.4) is 0 Å². The molecule has 0 unspecified atom stereocenters. The highest BCUT2D eigenvalue weighted by Gasteiger charge is 2.28. The smallest absolute Gasteiger partial charge is 0.127 e. The van der Waals surface area contributed by atoms with Crippen molar-refractivity contribution in [2.24, 2.45) is 5.73 Å². The molecule has 2 heterocycles. The minimum Gasteiger partial charge on any atom is -0.457 e. The molecule has 0 bridgehead atoms. The predicted octanol–water partition coefficient (Wildman–Crippen LogP) is 4.53. The second-order valence-corrected chi connectivity index (χ2v) is 9.46. The van der Waals surface area contributed by atoms with Crippen molar-refractivity contribution in [1.82, 2.24) is 19.6 Å². The van der Waals surface area contributed by atoms with E-state index in [1.54, 1.807) is 0 Å². The molecule has 1 aliphatic carbocycles. The molecule has 1 saturated carbocycles. The Morgan fingerprint density at radius 3 is 2.33 bits per heavy atom. The maximum atomic E-state index is 5.99. The van der Waals surface area contributed by atoms with Gasteiger partial charge < -0.3 is 15.4 Å². The molecule has 1 aromatic heterocycles. The van der Waals surface area contributed by atoms with E-state index in [2.05, 4.69) is 45.9 Å². The van der Waals surface area contributed by atoms with Crippen LogP contribution in [-0.2, 0) is 6.54 Å².